The number of benzene rings is 1. The predicted octanol–water partition coefficient (Wildman–Crippen LogP) is 3.89. The fourth-order valence-electron chi connectivity index (χ4n) is 2.22. The smallest absolute Gasteiger partial charge is 0.430 e. The molecule has 22 heavy (non-hydrogen) atoms. The molecular formula is C13H11F6NO2. The molecule has 0 aliphatic carbocycles. The third kappa shape index (κ3) is 3.45. The average Bonchev–Trinajstić information content (AvgIpc) is 2.65. The van der Waals surface area contributed by atoms with Crippen LogP contribution < -0.4 is 0 Å². The molecule has 1 amide bonds. The van der Waals surface area contributed by atoms with E-state index in [9.17, 15) is 31.1 Å². The van der Waals surface area contributed by atoms with Crippen LogP contribution in [0.3, 0.4) is 0 Å². The molecule has 0 spiro atoms. The van der Waals surface area contributed by atoms with E-state index >= 15 is 0 Å². The summed E-state index contributed by atoms with van der Waals surface area (Å²) in [4.78, 5) is 12.2. The number of ether oxygens (including phenoxy) is 1. The first kappa shape index (κ1) is 16.4. The van der Waals surface area contributed by atoms with Crippen molar-refractivity contribution in [3.05, 3.63) is 35.9 Å². The van der Waals surface area contributed by atoms with E-state index in [4.69, 9.17) is 0 Å². The summed E-state index contributed by atoms with van der Waals surface area (Å²) in [6.45, 7) is -1.45. The summed E-state index contributed by atoms with van der Waals surface area (Å²) < 4.78 is 80.6. The summed E-state index contributed by atoms with van der Waals surface area (Å²) in [5, 5.41) is 0. The van der Waals surface area contributed by atoms with E-state index in [0.29, 0.717) is 10.5 Å². The number of cyclic esters (lactones) is 1. The number of hydrogen-bond acceptors (Lipinski definition) is 2. The Balaban J connectivity index is 2.23. The molecule has 1 aliphatic rings. The highest BCUT2D eigenvalue weighted by molar-refractivity contribution is 5.71. The Labute approximate surface area is 121 Å². The molecule has 0 bridgehead atoms. The van der Waals surface area contributed by atoms with Crippen LogP contribution in [0.2, 0.25) is 0 Å². The first-order valence-electron chi connectivity index (χ1n) is 6.18. The third-order valence-electron chi connectivity index (χ3n) is 3.21. The summed E-state index contributed by atoms with van der Waals surface area (Å²) >= 11 is 0. The van der Waals surface area contributed by atoms with Crippen LogP contribution in [0.1, 0.15) is 12.0 Å². The summed E-state index contributed by atoms with van der Waals surface area (Å²) in [6.07, 6.45) is -14.1. The van der Waals surface area contributed by atoms with Crippen LogP contribution in [0.25, 0.3) is 0 Å². The van der Waals surface area contributed by atoms with Crippen molar-refractivity contribution >= 4 is 6.09 Å². The van der Waals surface area contributed by atoms with Gasteiger partial charge in [-0.2, -0.15) is 26.3 Å². The van der Waals surface area contributed by atoms with Crippen LogP contribution in [-0.4, -0.2) is 35.5 Å². The summed E-state index contributed by atoms with van der Waals surface area (Å²) in [5.41, 5.74) is -3.07. The molecule has 1 atom stereocenters. The molecule has 0 aromatic heterocycles. The van der Waals surface area contributed by atoms with E-state index in [2.05, 4.69) is 4.74 Å². The second kappa shape index (κ2) is 5.36. The van der Waals surface area contributed by atoms with Crippen molar-refractivity contribution in [3.63, 3.8) is 0 Å². The zero-order valence-corrected chi connectivity index (χ0v) is 11.0. The van der Waals surface area contributed by atoms with Crippen LogP contribution in [0.15, 0.2) is 30.3 Å². The molecular weight excluding hydrogens is 316 g/mol. The lowest BCUT2D eigenvalue weighted by Crippen LogP contribution is -2.51. The van der Waals surface area contributed by atoms with Crippen molar-refractivity contribution in [1.82, 2.24) is 4.90 Å². The minimum absolute atomic E-state index is 0.255. The first-order valence-corrected chi connectivity index (χ1v) is 6.18. The molecule has 1 unspecified atom stereocenters. The summed E-state index contributed by atoms with van der Waals surface area (Å²) in [6, 6.07) is 7.96. The largest absolute Gasteiger partial charge is 0.431 e. The van der Waals surface area contributed by atoms with Crippen LogP contribution in [0.4, 0.5) is 31.1 Å². The van der Waals surface area contributed by atoms with Gasteiger partial charge in [-0.25, -0.2) is 4.79 Å². The summed E-state index contributed by atoms with van der Waals surface area (Å²) in [7, 11) is 0. The molecule has 0 saturated carbocycles. The second-order valence-electron chi connectivity index (χ2n) is 4.99. The van der Waals surface area contributed by atoms with Gasteiger partial charge in [0.2, 0.25) is 5.60 Å². The van der Waals surface area contributed by atoms with E-state index in [-0.39, 0.29) is 6.54 Å². The Morgan fingerprint density at radius 2 is 1.68 bits per heavy atom. The van der Waals surface area contributed by atoms with Crippen molar-refractivity contribution < 1.29 is 35.9 Å². The van der Waals surface area contributed by atoms with Gasteiger partial charge in [0, 0.05) is 6.54 Å². The van der Waals surface area contributed by atoms with E-state index in [0.717, 1.165) is 0 Å². The summed E-state index contributed by atoms with van der Waals surface area (Å²) in [5.74, 6) is 0. The molecule has 3 nitrogen and oxygen atoms in total. The molecule has 2 rings (SSSR count). The number of carbonyl (C=O) groups is 1. The van der Waals surface area contributed by atoms with Crippen molar-refractivity contribution in [3.8, 4) is 0 Å². The Morgan fingerprint density at radius 1 is 1.09 bits per heavy atom. The van der Waals surface area contributed by atoms with Gasteiger partial charge in [-0.15, -0.1) is 0 Å². The Hall–Kier alpha value is -1.93. The quantitative estimate of drug-likeness (QED) is 0.788. The van der Waals surface area contributed by atoms with Crippen LogP contribution in [0, 0.1) is 0 Å². The molecule has 1 saturated heterocycles. The number of halogens is 6. The maximum absolute atomic E-state index is 13.0. The number of amides is 1. The molecule has 122 valence electrons. The van der Waals surface area contributed by atoms with Crippen LogP contribution in [-0.2, 0) is 11.3 Å². The highest BCUT2D eigenvalue weighted by Crippen LogP contribution is 2.45. The number of nitrogens with zero attached hydrogens (tertiary/aromatic N) is 1. The van der Waals surface area contributed by atoms with Gasteiger partial charge in [-0.1, -0.05) is 30.3 Å². The zero-order valence-electron chi connectivity index (χ0n) is 11.0. The Bertz CT molecular complexity index is 542. The molecule has 1 heterocycles. The van der Waals surface area contributed by atoms with Gasteiger partial charge in [-0.05, 0) is 5.56 Å². The van der Waals surface area contributed by atoms with Gasteiger partial charge >= 0.3 is 18.4 Å². The maximum Gasteiger partial charge on any atom is 0.430 e. The fraction of sp³-hybridized carbons (Fsp3) is 0.462. The zero-order chi connectivity index (χ0) is 16.6. The predicted molar refractivity (Wildman–Crippen MR) is 62.8 cm³/mol. The average molecular weight is 327 g/mol. The molecule has 0 radical (unpaired) electrons. The monoisotopic (exact) mass is 327 g/mol. The molecule has 1 aliphatic heterocycles. The molecule has 1 fully saturated rings. The molecule has 0 N–H and O–H groups in total. The minimum atomic E-state index is -5.32. The van der Waals surface area contributed by atoms with E-state index in [1.807, 2.05) is 0 Å². The molecule has 9 heteroatoms. The Morgan fingerprint density at radius 3 is 2.18 bits per heavy atom. The van der Waals surface area contributed by atoms with Crippen molar-refractivity contribution in [2.45, 2.75) is 30.9 Å². The third-order valence-corrected chi connectivity index (χ3v) is 3.21. The van der Waals surface area contributed by atoms with Gasteiger partial charge < -0.3 is 4.74 Å². The lowest BCUT2D eigenvalue weighted by molar-refractivity contribution is -0.280. The van der Waals surface area contributed by atoms with Crippen LogP contribution >= 0.6 is 0 Å². The normalized spacial score (nSPS) is 22.8. The lowest BCUT2D eigenvalue weighted by atomic mass is 9.98. The standard InChI is InChI=1S/C13H11F6NO2/c14-12(15,16)7-11(13(17,18)19)8-20(10(21)22-11)6-9-4-2-1-3-5-9/h1-5H,6-8H2. The van der Waals surface area contributed by atoms with E-state index in [1.54, 1.807) is 30.3 Å². The van der Waals surface area contributed by atoms with Gasteiger partial charge in [-0.3, -0.25) is 4.90 Å². The highest BCUT2D eigenvalue weighted by atomic mass is 19.4. The lowest BCUT2D eigenvalue weighted by Gasteiger charge is -2.30. The van der Waals surface area contributed by atoms with Crippen molar-refractivity contribution in [2.24, 2.45) is 0 Å². The second-order valence-corrected chi connectivity index (χ2v) is 4.99. The van der Waals surface area contributed by atoms with E-state index < -0.39 is 37.0 Å². The SMILES string of the molecule is O=C1OC(CC(F)(F)F)(C(F)(F)F)CN1Cc1ccccc1. The molecule has 1 aromatic carbocycles. The maximum atomic E-state index is 13.0. The van der Waals surface area contributed by atoms with Gasteiger partial charge in [0.15, 0.2) is 0 Å². The molecule has 1 aromatic rings. The van der Waals surface area contributed by atoms with Crippen LogP contribution in [0.5, 0.6) is 0 Å². The first-order chi connectivity index (χ1) is 10.0. The number of alkyl halides is 6. The van der Waals surface area contributed by atoms with Crippen molar-refractivity contribution in [1.29, 1.82) is 0 Å². The number of carbonyl (C=O) groups excluding carboxylic acids is 1. The number of rotatable bonds is 3. The Kier molecular flexibility index (Phi) is 4.01. The number of hydrogen-bond donors (Lipinski definition) is 0. The minimum Gasteiger partial charge on any atom is -0.431 e. The fourth-order valence-corrected chi connectivity index (χ4v) is 2.22. The van der Waals surface area contributed by atoms with E-state index in [1.165, 1.54) is 0 Å². The van der Waals surface area contributed by atoms with Gasteiger partial charge in [0.1, 0.15) is 0 Å². The topological polar surface area (TPSA) is 29.5 Å². The van der Waals surface area contributed by atoms with Gasteiger partial charge in [0.25, 0.3) is 0 Å². The van der Waals surface area contributed by atoms with Gasteiger partial charge in [0.05, 0.1) is 13.0 Å². The highest BCUT2D eigenvalue weighted by Gasteiger charge is 2.67. The van der Waals surface area contributed by atoms with Crippen molar-refractivity contribution in [2.75, 3.05) is 6.54 Å².